The van der Waals surface area contributed by atoms with Crippen molar-refractivity contribution < 1.29 is 9.50 Å². The minimum absolute atomic E-state index is 0.164. The molecule has 3 atom stereocenters. The Bertz CT molecular complexity index is 477. The van der Waals surface area contributed by atoms with Crippen LogP contribution >= 0.6 is 11.8 Å². The lowest BCUT2D eigenvalue weighted by atomic mass is 9.93. The van der Waals surface area contributed by atoms with Crippen LogP contribution in [0.4, 0.5) is 4.39 Å². The molecule has 1 N–H and O–H groups in total. The van der Waals surface area contributed by atoms with Gasteiger partial charge in [-0.05, 0) is 37.0 Å². The Kier molecular flexibility index (Phi) is 3.39. The zero-order valence-corrected chi connectivity index (χ0v) is 10.9. The van der Waals surface area contributed by atoms with Crippen LogP contribution in [0.3, 0.4) is 0 Å². The Morgan fingerprint density at radius 3 is 3.11 bits per heavy atom. The molecule has 2 nitrogen and oxygen atoms in total. The Labute approximate surface area is 110 Å². The van der Waals surface area contributed by atoms with E-state index in [1.165, 1.54) is 6.07 Å². The van der Waals surface area contributed by atoms with Crippen molar-refractivity contribution in [2.45, 2.75) is 43.1 Å². The molecule has 3 rings (SSSR count). The largest absolute Gasteiger partial charge is 0.393 e. The van der Waals surface area contributed by atoms with Crippen molar-refractivity contribution in [3.63, 3.8) is 0 Å². The van der Waals surface area contributed by atoms with E-state index < -0.39 is 0 Å². The fraction of sp³-hybridized carbons (Fsp3) is 0.500. The van der Waals surface area contributed by atoms with E-state index in [0.29, 0.717) is 17.7 Å². The van der Waals surface area contributed by atoms with Crippen molar-refractivity contribution in [3.8, 4) is 0 Å². The molecule has 2 aliphatic rings. The first-order valence-corrected chi connectivity index (χ1v) is 7.24. The summed E-state index contributed by atoms with van der Waals surface area (Å²) >= 11 is 1.77. The minimum Gasteiger partial charge on any atom is -0.393 e. The standard InChI is InChI=1S/C14H16FNOS/c15-10-3-1-2-9(6-10)7-14-16-12-5-4-11(17)8-13(12)18-14/h1-3,6,11-13,17H,4-5,7-8H2. The van der Waals surface area contributed by atoms with Crippen LogP contribution in [0.25, 0.3) is 0 Å². The highest BCUT2D eigenvalue weighted by Gasteiger charge is 2.35. The molecule has 1 heterocycles. The van der Waals surface area contributed by atoms with Gasteiger partial charge in [0.25, 0.3) is 0 Å². The average molecular weight is 265 g/mol. The van der Waals surface area contributed by atoms with Gasteiger partial charge in [-0.15, -0.1) is 11.8 Å². The van der Waals surface area contributed by atoms with E-state index in [9.17, 15) is 9.50 Å². The lowest BCUT2D eigenvalue weighted by Gasteiger charge is -2.26. The number of benzene rings is 1. The van der Waals surface area contributed by atoms with Gasteiger partial charge in [-0.1, -0.05) is 12.1 Å². The maximum absolute atomic E-state index is 13.1. The van der Waals surface area contributed by atoms with Gasteiger partial charge in [0.05, 0.1) is 17.2 Å². The van der Waals surface area contributed by atoms with E-state index >= 15 is 0 Å². The molecule has 1 aromatic carbocycles. The van der Waals surface area contributed by atoms with Crippen molar-refractivity contribution in [3.05, 3.63) is 35.6 Å². The molecule has 1 aliphatic heterocycles. The molecule has 1 aliphatic carbocycles. The fourth-order valence-corrected chi connectivity index (χ4v) is 4.13. The molecule has 0 amide bonds. The summed E-state index contributed by atoms with van der Waals surface area (Å²) in [5, 5.41) is 11.2. The number of aliphatic hydroxyl groups excluding tert-OH is 1. The van der Waals surface area contributed by atoms with E-state index in [0.717, 1.165) is 29.9 Å². The van der Waals surface area contributed by atoms with Crippen LogP contribution in [0.2, 0.25) is 0 Å². The smallest absolute Gasteiger partial charge is 0.123 e. The summed E-state index contributed by atoms with van der Waals surface area (Å²) in [5.74, 6) is -0.191. The van der Waals surface area contributed by atoms with Gasteiger partial charge >= 0.3 is 0 Å². The zero-order valence-electron chi connectivity index (χ0n) is 10.1. The maximum Gasteiger partial charge on any atom is 0.123 e. The Balaban J connectivity index is 1.68. The van der Waals surface area contributed by atoms with Crippen LogP contribution in [-0.4, -0.2) is 27.5 Å². The summed E-state index contributed by atoms with van der Waals surface area (Å²) in [5.41, 5.74) is 0.973. The number of hydrogen-bond acceptors (Lipinski definition) is 3. The second-order valence-corrected chi connectivity index (χ2v) is 6.33. The first-order valence-electron chi connectivity index (χ1n) is 6.36. The molecule has 4 heteroatoms. The first-order chi connectivity index (χ1) is 8.70. The number of nitrogens with zero attached hydrogens (tertiary/aromatic N) is 1. The maximum atomic E-state index is 13.1. The van der Waals surface area contributed by atoms with Crippen molar-refractivity contribution in [2.24, 2.45) is 4.99 Å². The van der Waals surface area contributed by atoms with E-state index in [1.54, 1.807) is 23.9 Å². The summed E-state index contributed by atoms with van der Waals surface area (Å²) in [6.07, 6.45) is 3.23. The van der Waals surface area contributed by atoms with Crippen LogP contribution in [0, 0.1) is 5.82 Å². The summed E-state index contributed by atoms with van der Waals surface area (Å²) in [7, 11) is 0. The van der Waals surface area contributed by atoms with Crippen LogP contribution in [0.1, 0.15) is 24.8 Å². The van der Waals surface area contributed by atoms with Gasteiger partial charge in [0.1, 0.15) is 5.82 Å². The lowest BCUT2D eigenvalue weighted by Crippen LogP contribution is -2.30. The summed E-state index contributed by atoms with van der Waals surface area (Å²) in [6, 6.07) is 7.07. The van der Waals surface area contributed by atoms with Crippen molar-refractivity contribution in [2.75, 3.05) is 0 Å². The molecule has 96 valence electrons. The van der Waals surface area contributed by atoms with Gasteiger partial charge in [-0.3, -0.25) is 4.99 Å². The lowest BCUT2D eigenvalue weighted by molar-refractivity contribution is 0.127. The minimum atomic E-state index is -0.191. The van der Waals surface area contributed by atoms with Crippen LogP contribution in [0.15, 0.2) is 29.3 Å². The predicted molar refractivity (Wildman–Crippen MR) is 72.6 cm³/mol. The summed E-state index contributed by atoms with van der Waals surface area (Å²) in [6.45, 7) is 0. The molecular formula is C14H16FNOS. The molecule has 18 heavy (non-hydrogen) atoms. The van der Waals surface area contributed by atoms with E-state index in [1.807, 2.05) is 6.07 Å². The molecular weight excluding hydrogens is 249 g/mol. The molecule has 0 aromatic heterocycles. The summed E-state index contributed by atoms with van der Waals surface area (Å²) in [4.78, 5) is 4.72. The topological polar surface area (TPSA) is 32.6 Å². The molecule has 0 spiro atoms. The SMILES string of the molecule is OC1CCC2N=C(Cc3cccc(F)c3)SC2C1. The van der Waals surface area contributed by atoms with Gasteiger partial charge in [-0.2, -0.15) is 0 Å². The number of thioether (sulfide) groups is 1. The molecule has 3 unspecified atom stereocenters. The number of halogens is 1. The zero-order chi connectivity index (χ0) is 12.5. The molecule has 1 fully saturated rings. The Hall–Kier alpha value is -0.870. The van der Waals surface area contributed by atoms with E-state index in [4.69, 9.17) is 4.99 Å². The van der Waals surface area contributed by atoms with Crippen LogP contribution in [-0.2, 0) is 6.42 Å². The Morgan fingerprint density at radius 2 is 2.28 bits per heavy atom. The molecule has 0 bridgehead atoms. The average Bonchev–Trinajstić information content (AvgIpc) is 2.70. The highest BCUT2D eigenvalue weighted by Crippen LogP contribution is 2.38. The number of hydrogen-bond donors (Lipinski definition) is 1. The third-order valence-electron chi connectivity index (χ3n) is 3.57. The Morgan fingerprint density at radius 1 is 1.39 bits per heavy atom. The molecule has 1 aromatic rings. The number of aliphatic imine (C=N–C) groups is 1. The third-order valence-corrected chi connectivity index (χ3v) is 4.90. The van der Waals surface area contributed by atoms with Gasteiger partial charge < -0.3 is 5.11 Å². The van der Waals surface area contributed by atoms with Gasteiger partial charge in [-0.25, -0.2) is 4.39 Å². The second kappa shape index (κ2) is 5.02. The highest BCUT2D eigenvalue weighted by molar-refractivity contribution is 8.14. The van der Waals surface area contributed by atoms with E-state index in [-0.39, 0.29) is 11.9 Å². The number of rotatable bonds is 2. The first kappa shape index (κ1) is 12.2. The molecule has 0 radical (unpaired) electrons. The van der Waals surface area contributed by atoms with Gasteiger partial charge in [0, 0.05) is 11.7 Å². The predicted octanol–water partition coefficient (Wildman–Crippen LogP) is 2.80. The van der Waals surface area contributed by atoms with Gasteiger partial charge in [0.2, 0.25) is 0 Å². The van der Waals surface area contributed by atoms with Gasteiger partial charge in [0.15, 0.2) is 0 Å². The molecule has 0 saturated heterocycles. The summed E-state index contributed by atoms with van der Waals surface area (Å²) < 4.78 is 13.1. The number of fused-ring (bicyclic) bond motifs is 1. The monoisotopic (exact) mass is 265 g/mol. The third kappa shape index (κ3) is 2.59. The quantitative estimate of drug-likeness (QED) is 0.892. The van der Waals surface area contributed by atoms with Crippen molar-refractivity contribution >= 4 is 16.8 Å². The normalized spacial score (nSPS) is 31.0. The van der Waals surface area contributed by atoms with E-state index in [2.05, 4.69) is 0 Å². The van der Waals surface area contributed by atoms with Crippen molar-refractivity contribution in [1.29, 1.82) is 0 Å². The van der Waals surface area contributed by atoms with Crippen LogP contribution < -0.4 is 0 Å². The van der Waals surface area contributed by atoms with Crippen LogP contribution in [0.5, 0.6) is 0 Å². The highest BCUT2D eigenvalue weighted by atomic mass is 32.2. The number of aliphatic hydroxyl groups is 1. The molecule has 1 saturated carbocycles. The fourth-order valence-electron chi connectivity index (χ4n) is 2.67. The van der Waals surface area contributed by atoms with Crippen molar-refractivity contribution in [1.82, 2.24) is 0 Å². The second-order valence-electron chi connectivity index (χ2n) is 5.02.